The Morgan fingerprint density at radius 2 is 1.84 bits per heavy atom. The van der Waals surface area contributed by atoms with Gasteiger partial charge in [0.1, 0.15) is 0 Å². The van der Waals surface area contributed by atoms with Gasteiger partial charge in [0.05, 0.1) is 0 Å². The van der Waals surface area contributed by atoms with E-state index in [0.29, 0.717) is 18.0 Å². The molecule has 1 aromatic rings. The van der Waals surface area contributed by atoms with Gasteiger partial charge in [0.25, 0.3) is 0 Å². The number of carbonyl (C=O) groups is 2. The van der Waals surface area contributed by atoms with Crippen molar-refractivity contribution in [1.29, 1.82) is 0 Å². The highest BCUT2D eigenvalue weighted by Gasteiger charge is 2.02. The predicted molar refractivity (Wildman–Crippen MR) is 80.1 cm³/mol. The van der Waals surface area contributed by atoms with Gasteiger partial charge in [-0.15, -0.1) is 0 Å². The first-order valence-corrected chi connectivity index (χ1v) is 7.04. The minimum Gasteiger partial charge on any atom is -0.353 e. The molecule has 0 atom stereocenters. The van der Waals surface area contributed by atoms with Crippen molar-refractivity contribution in [2.75, 3.05) is 6.54 Å². The third-order valence-corrected chi connectivity index (χ3v) is 3.06. The molecule has 4 heteroatoms. The summed E-state index contributed by atoms with van der Waals surface area (Å²) in [6, 6.07) is 7.02. The molecule has 1 N–H and O–H groups in total. The summed E-state index contributed by atoms with van der Waals surface area (Å²) in [5.74, 6) is 0.145. The normalized spacial score (nSPS) is 10.9. The zero-order chi connectivity index (χ0) is 14.3. The largest absolute Gasteiger partial charge is 0.353 e. The molecule has 102 valence electrons. The number of nitrogens with one attached hydrogen (secondary N) is 1. The van der Waals surface area contributed by atoms with Crippen LogP contribution in [-0.4, -0.2) is 18.2 Å². The number of hydrogen-bond donors (Lipinski definition) is 1. The number of carbonyl (C=O) groups excluding carboxylic acids is 2. The molecule has 1 aromatic carbocycles. The molecule has 0 aliphatic rings. The number of halogens is 1. The predicted octanol–water partition coefficient (Wildman–Crippen LogP) is 3.35. The number of allylic oxidation sites excluding steroid dienone is 1. The molecule has 0 aromatic heterocycles. The summed E-state index contributed by atoms with van der Waals surface area (Å²) in [7, 11) is 0. The summed E-state index contributed by atoms with van der Waals surface area (Å²) in [5.41, 5.74) is 0.564. The van der Waals surface area contributed by atoms with Crippen LogP contribution in [0.2, 0.25) is 0 Å². The van der Waals surface area contributed by atoms with Crippen LogP contribution >= 0.6 is 15.9 Å². The molecular formula is C15H18BrNO2. The molecule has 0 bridgehead atoms. The van der Waals surface area contributed by atoms with Crippen LogP contribution < -0.4 is 5.32 Å². The lowest BCUT2D eigenvalue weighted by Gasteiger charge is -2.04. The molecule has 0 saturated heterocycles. The average Bonchev–Trinajstić information content (AvgIpc) is 2.36. The Balaban J connectivity index is 2.45. The topological polar surface area (TPSA) is 46.2 Å². The molecular weight excluding hydrogens is 306 g/mol. The van der Waals surface area contributed by atoms with Crippen molar-refractivity contribution in [2.45, 2.75) is 20.3 Å². The lowest BCUT2D eigenvalue weighted by atomic mass is 10.1. The molecule has 0 aliphatic carbocycles. The van der Waals surface area contributed by atoms with Crippen molar-refractivity contribution in [3.8, 4) is 0 Å². The molecule has 0 radical (unpaired) electrons. The Bertz CT molecular complexity index is 464. The van der Waals surface area contributed by atoms with Crippen LogP contribution in [0.5, 0.6) is 0 Å². The third kappa shape index (κ3) is 6.34. The maximum Gasteiger partial charge on any atom is 0.244 e. The second-order valence-corrected chi connectivity index (χ2v) is 5.59. The second-order valence-electron chi connectivity index (χ2n) is 4.68. The van der Waals surface area contributed by atoms with Crippen LogP contribution in [0.1, 0.15) is 30.6 Å². The quantitative estimate of drug-likeness (QED) is 0.644. The first kappa shape index (κ1) is 15.6. The molecule has 19 heavy (non-hydrogen) atoms. The monoisotopic (exact) mass is 323 g/mol. The van der Waals surface area contributed by atoms with E-state index in [1.54, 1.807) is 24.3 Å². The van der Waals surface area contributed by atoms with Gasteiger partial charge < -0.3 is 5.32 Å². The van der Waals surface area contributed by atoms with Crippen molar-refractivity contribution >= 4 is 27.6 Å². The minimum absolute atomic E-state index is 0.175. The van der Waals surface area contributed by atoms with Gasteiger partial charge in [-0.1, -0.05) is 29.8 Å². The summed E-state index contributed by atoms with van der Waals surface area (Å²) in [5, 5.41) is 2.74. The first-order valence-electron chi connectivity index (χ1n) is 6.25. The summed E-state index contributed by atoms with van der Waals surface area (Å²) >= 11 is 3.30. The number of rotatable bonds is 6. The number of benzene rings is 1. The zero-order valence-corrected chi connectivity index (χ0v) is 12.7. The van der Waals surface area contributed by atoms with Crippen LogP contribution in [0.25, 0.3) is 0 Å². The molecule has 1 amide bonds. The SMILES string of the molecule is CC(C)CCNC(=O)/C=C/C(=O)c1ccc(Br)cc1. The highest BCUT2D eigenvalue weighted by Crippen LogP contribution is 2.11. The summed E-state index contributed by atoms with van der Waals surface area (Å²) < 4.78 is 0.916. The Morgan fingerprint density at radius 1 is 1.21 bits per heavy atom. The second kappa shape index (κ2) is 7.89. The van der Waals surface area contributed by atoms with Crippen LogP contribution in [0.15, 0.2) is 40.9 Å². The van der Waals surface area contributed by atoms with E-state index in [1.807, 2.05) is 0 Å². The summed E-state index contributed by atoms with van der Waals surface area (Å²) in [6.45, 7) is 4.82. The van der Waals surface area contributed by atoms with Gasteiger partial charge >= 0.3 is 0 Å². The molecule has 0 fully saturated rings. The molecule has 3 nitrogen and oxygen atoms in total. The highest BCUT2D eigenvalue weighted by atomic mass is 79.9. The van der Waals surface area contributed by atoms with E-state index in [2.05, 4.69) is 35.1 Å². The number of hydrogen-bond acceptors (Lipinski definition) is 2. The maximum absolute atomic E-state index is 11.8. The lowest BCUT2D eigenvalue weighted by molar-refractivity contribution is -0.116. The van der Waals surface area contributed by atoms with E-state index in [1.165, 1.54) is 12.2 Å². The zero-order valence-electron chi connectivity index (χ0n) is 11.2. The van der Waals surface area contributed by atoms with Crippen molar-refractivity contribution in [1.82, 2.24) is 5.32 Å². The third-order valence-electron chi connectivity index (χ3n) is 2.54. The van der Waals surface area contributed by atoms with Gasteiger partial charge in [-0.25, -0.2) is 0 Å². The molecule has 0 saturated carbocycles. The van der Waals surface area contributed by atoms with E-state index >= 15 is 0 Å². The van der Waals surface area contributed by atoms with E-state index in [9.17, 15) is 9.59 Å². The van der Waals surface area contributed by atoms with Crippen LogP contribution in [-0.2, 0) is 4.79 Å². The maximum atomic E-state index is 11.8. The van der Waals surface area contributed by atoms with Crippen molar-refractivity contribution in [3.05, 3.63) is 46.5 Å². The van der Waals surface area contributed by atoms with Gasteiger partial charge in [-0.2, -0.15) is 0 Å². The smallest absolute Gasteiger partial charge is 0.244 e. The van der Waals surface area contributed by atoms with Crippen LogP contribution in [0.3, 0.4) is 0 Å². The minimum atomic E-state index is -0.230. The van der Waals surface area contributed by atoms with Crippen molar-refractivity contribution in [2.24, 2.45) is 5.92 Å². The van der Waals surface area contributed by atoms with Gasteiger partial charge in [0.15, 0.2) is 5.78 Å². The Morgan fingerprint density at radius 3 is 2.42 bits per heavy atom. The standard InChI is InChI=1S/C15H18BrNO2/c1-11(2)9-10-17-15(19)8-7-14(18)12-3-5-13(16)6-4-12/h3-8,11H,9-10H2,1-2H3,(H,17,19)/b8-7+. The van der Waals surface area contributed by atoms with Crippen molar-refractivity contribution in [3.63, 3.8) is 0 Å². The summed E-state index contributed by atoms with van der Waals surface area (Å²) in [6.07, 6.45) is 3.51. The number of ketones is 1. The first-order chi connectivity index (χ1) is 8.99. The summed E-state index contributed by atoms with van der Waals surface area (Å²) in [4.78, 5) is 23.2. The number of amides is 1. The fourth-order valence-corrected chi connectivity index (χ4v) is 1.67. The average molecular weight is 324 g/mol. The molecule has 0 unspecified atom stereocenters. The van der Waals surface area contributed by atoms with E-state index < -0.39 is 0 Å². The van der Waals surface area contributed by atoms with Crippen LogP contribution in [0, 0.1) is 5.92 Å². The highest BCUT2D eigenvalue weighted by molar-refractivity contribution is 9.10. The van der Waals surface area contributed by atoms with Gasteiger partial charge in [-0.3, -0.25) is 9.59 Å². The van der Waals surface area contributed by atoms with Gasteiger partial charge in [0.2, 0.25) is 5.91 Å². The van der Waals surface area contributed by atoms with Crippen LogP contribution in [0.4, 0.5) is 0 Å². The fourth-order valence-electron chi connectivity index (χ4n) is 1.40. The van der Waals surface area contributed by atoms with Gasteiger partial charge in [-0.05, 0) is 42.7 Å². The van der Waals surface area contributed by atoms with E-state index in [-0.39, 0.29) is 11.7 Å². The van der Waals surface area contributed by atoms with E-state index in [0.717, 1.165) is 10.9 Å². The Kier molecular flexibility index (Phi) is 6.50. The van der Waals surface area contributed by atoms with Gasteiger partial charge in [0, 0.05) is 22.7 Å². The molecule has 0 spiro atoms. The molecule has 1 rings (SSSR count). The Labute approximate surface area is 122 Å². The van der Waals surface area contributed by atoms with E-state index in [4.69, 9.17) is 0 Å². The molecule has 0 aliphatic heterocycles. The molecule has 0 heterocycles. The lowest BCUT2D eigenvalue weighted by Crippen LogP contribution is -2.23. The Hall–Kier alpha value is -1.42. The van der Waals surface area contributed by atoms with Crippen molar-refractivity contribution < 1.29 is 9.59 Å². The fraction of sp³-hybridized carbons (Fsp3) is 0.333.